The molecule has 1 amide bonds. The number of carbonyl (C=O) groups excluding carboxylic acids is 1. The van der Waals surface area contributed by atoms with E-state index in [-0.39, 0.29) is 30.8 Å². The topological polar surface area (TPSA) is 84.9 Å². The summed E-state index contributed by atoms with van der Waals surface area (Å²) in [5.74, 6) is -3.33. The van der Waals surface area contributed by atoms with Crippen molar-refractivity contribution in [1.82, 2.24) is 9.80 Å². The van der Waals surface area contributed by atoms with E-state index in [0.29, 0.717) is 13.1 Å². The van der Waals surface area contributed by atoms with E-state index in [0.717, 1.165) is 18.2 Å². The highest BCUT2D eigenvalue weighted by Crippen LogP contribution is 2.32. The van der Waals surface area contributed by atoms with E-state index in [1.54, 1.807) is 4.72 Å². The van der Waals surface area contributed by atoms with E-state index >= 15 is 0 Å². The third-order valence-electron chi connectivity index (χ3n) is 4.73. The van der Waals surface area contributed by atoms with Crippen LogP contribution >= 0.6 is 0 Å². The average molecular weight is 478 g/mol. The zero-order valence-electron chi connectivity index (χ0n) is 16.3. The summed E-state index contributed by atoms with van der Waals surface area (Å²) in [4.78, 5) is 15.9. The van der Waals surface area contributed by atoms with Gasteiger partial charge in [-0.25, -0.2) is 8.78 Å². The number of benzene rings is 2. The first kappa shape index (κ1) is 23.9. The minimum Gasteiger partial charge on any atom is -0.755 e. The van der Waals surface area contributed by atoms with Crippen LogP contribution in [0.4, 0.5) is 27.6 Å². The maximum Gasteiger partial charge on any atom is 0.573 e. The number of halogens is 5. The molecule has 13 heteroatoms. The van der Waals surface area contributed by atoms with Crippen LogP contribution in [0.1, 0.15) is 15.9 Å². The lowest BCUT2D eigenvalue weighted by Crippen LogP contribution is -2.48. The van der Waals surface area contributed by atoms with E-state index in [1.165, 1.54) is 23.1 Å². The molecule has 1 fully saturated rings. The Bertz CT molecular complexity index is 1010. The lowest BCUT2D eigenvalue weighted by atomic mass is 10.1. The van der Waals surface area contributed by atoms with Crippen LogP contribution < -0.4 is 9.46 Å². The predicted molar refractivity (Wildman–Crippen MR) is 103 cm³/mol. The van der Waals surface area contributed by atoms with Gasteiger partial charge in [-0.15, -0.1) is 13.2 Å². The number of carbonyl (C=O) groups is 1. The summed E-state index contributed by atoms with van der Waals surface area (Å²) < 4.78 is 92.4. The number of hydrogen-bond donors (Lipinski definition) is 1. The number of nitrogens with one attached hydrogen (secondary N) is 1. The molecular formula is C19H17F5N3O4S-. The first-order chi connectivity index (χ1) is 15.0. The number of hydrogen-bond acceptors (Lipinski definition) is 5. The Balaban J connectivity index is 1.68. The first-order valence-corrected chi connectivity index (χ1v) is 10.3. The quantitative estimate of drug-likeness (QED) is 0.510. The third kappa shape index (κ3) is 6.14. The van der Waals surface area contributed by atoms with Gasteiger partial charge in [-0.05, 0) is 24.3 Å². The van der Waals surface area contributed by atoms with Gasteiger partial charge in [0.05, 0.1) is 5.69 Å². The molecule has 32 heavy (non-hydrogen) atoms. The van der Waals surface area contributed by atoms with Crippen molar-refractivity contribution in [1.29, 1.82) is 0 Å². The number of piperazine rings is 1. The van der Waals surface area contributed by atoms with E-state index in [4.69, 9.17) is 0 Å². The molecule has 0 aromatic heterocycles. The van der Waals surface area contributed by atoms with E-state index in [2.05, 4.69) is 4.74 Å². The predicted octanol–water partition coefficient (Wildman–Crippen LogP) is 3.03. The molecule has 2 aromatic carbocycles. The van der Waals surface area contributed by atoms with Crippen molar-refractivity contribution in [3.63, 3.8) is 0 Å². The van der Waals surface area contributed by atoms with Crippen LogP contribution in [0.25, 0.3) is 0 Å². The zero-order valence-corrected chi connectivity index (χ0v) is 17.1. The van der Waals surface area contributed by atoms with Gasteiger partial charge in [0.25, 0.3) is 5.91 Å². The van der Waals surface area contributed by atoms with Crippen molar-refractivity contribution in [2.75, 3.05) is 30.9 Å². The number of alkyl halides is 3. The molecular weight excluding hydrogens is 461 g/mol. The van der Waals surface area contributed by atoms with E-state index in [1.807, 2.05) is 4.90 Å². The van der Waals surface area contributed by atoms with Gasteiger partial charge in [0.1, 0.15) is 0 Å². The van der Waals surface area contributed by atoms with Gasteiger partial charge in [-0.1, -0.05) is 12.1 Å². The molecule has 3 rings (SSSR count). The third-order valence-corrected chi connectivity index (χ3v) is 5.12. The van der Waals surface area contributed by atoms with Crippen LogP contribution in [0.5, 0.6) is 5.75 Å². The molecule has 1 atom stereocenters. The summed E-state index contributed by atoms with van der Waals surface area (Å²) in [6.45, 7) is 1.22. The van der Waals surface area contributed by atoms with E-state index in [9.17, 15) is 35.5 Å². The second-order valence-corrected chi connectivity index (χ2v) is 7.55. The van der Waals surface area contributed by atoms with Gasteiger partial charge in [0.2, 0.25) is 0 Å². The molecule has 0 bridgehead atoms. The molecule has 1 saturated heterocycles. The lowest BCUT2D eigenvalue weighted by molar-refractivity contribution is -0.274. The average Bonchev–Trinajstić information content (AvgIpc) is 2.71. The minimum atomic E-state index is -5.10. The first-order valence-electron chi connectivity index (χ1n) is 9.24. The van der Waals surface area contributed by atoms with Gasteiger partial charge in [0, 0.05) is 55.1 Å². The van der Waals surface area contributed by atoms with Crippen LogP contribution in [-0.2, 0) is 17.8 Å². The summed E-state index contributed by atoms with van der Waals surface area (Å²) in [6, 6.07) is 6.85. The highest BCUT2D eigenvalue weighted by Gasteiger charge is 2.33. The molecule has 1 N–H and O–H groups in total. The number of rotatable bonds is 6. The monoisotopic (exact) mass is 478 g/mol. The molecule has 0 spiro atoms. The summed E-state index contributed by atoms with van der Waals surface area (Å²) in [6.07, 6.45) is -5.10. The molecule has 1 unspecified atom stereocenters. The van der Waals surface area contributed by atoms with Crippen molar-refractivity contribution in [2.45, 2.75) is 12.9 Å². The summed E-state index contributed by atoms with van der Waals surface area (Å²) in [5, 5.41) is 0. The molecule has 1 aliphatic rings. The second-order valence-electron chi connectivity index (χ2n) is 6.88. The number of ether oxygens (including phenoxy) is 1. The van der Waals surface area contributed by atoms with Crippen molar-refractivity contribution in [3.8, 4) is 5.75 Å². The van der Waals surface area contributed by atoms with E-state index < -0.39 is 46.6 Å². The molecule has 174 valence electrons. The number of anilines is 1. The van der Waals surface area contributed by atoms with Crippen LogP contribution in [0, 0.1) is 11.6 Å². The number of amides is 1. The van der Waals surface area contributed by atoms with Crippen LogP contribution in [0.3, 0.4) is 0 Å². The Morgan fingerprint density at radius 2 is 1.81 bits per heavy atom. The Morgan fingerprint density at radius 1 is 1.12 bits per heavy atom. The van der Waals surface area contributed by atoms with Crippen LogP contribution in [0.15, 0.2) is 36.4 Å². The molecule has 1 heterocycles. The summed E-state index contributed by atoms with van der Waals surface area (Å²) in [5.41, 5.74) is -0.428. The molecule has 2 aromatic rings. The maximum absolute atomic E-state index is 13.8. The molecule has 0 aliphatic carbocycles. The largest absolute Gasteiger partial charge is 0.755 e. The van der Waals surface area contributed by atoms with Gasteiger partial charge in [0.15, 0.2) is 17.4 Å². The van der Waals surface area contributed by atoms with Gasteiger partial charge in [-0.3, -0.25) is 13.9 Å². The second kappa shape index (κ2) is 9.79. The maximum atomic E-state index is 13.8. The summed E-state index contributed by atoms with van der Waals surface area (Å²) >= 11 is -2.90. The SMILES string of the molecule is O=C(c1ccc(NS(=O)[O-])c(OC(F)(F)F)c1)N1CCN(Cc2cccc(F)c2F)CC1. The molecule has 0 saturated carbocycles. The van der Waals surface area contributed by atoms with Crippen molar-refractivity contribution in [3.05, 3.63) is 59.2 Å². The molecule has 7 nitrogen and oxygen atoms in total. The van der Waals surface area contributed by atoms with Crippen molar-refractivity contribution in [2.24, 2.45) is 0 Å². The minimum absolute atomic E-state index is 0.129. The standard InChI is InChI=1S/C19H18F5N3O4S/c20-14-3-1-2-13(17(14)21)11-26-6-8-27(9-7-26)18(28)12-4-5-15(25-32(29)30)16(10-12)31-19(22,23)24/h1-5,10,25H,6-9,11H2,(H,29,30)/p-1. The fourth-order valence-corrected chi connectivity index (χ4v) is 3.59. The Labute approximate surface area is 182 Å². The van der Waals surface area contributed by atoms with Crippen molar-refractivity contribution < 1.29 is 40.2 Å². The van der Waals surface area contributed by atoms with Crippen LogP contribution in [0.2, 0.25) is 0 Å². The fraction of sp³-hybridized carbons (Fsp3) is 0.316. The van der Waals surface area contributed by atoms with Gasteiger partial charge >= 0.3 is 6.36 Å². The smallest absolute Gasteiger partial charge is 0.573 e. The Morgan fingerprint density at radius 3 is 2.44 bits per heavy atom. The normalized spacial score (nSPS) is 16.0. The van der Waals surface area contributed by atoms with Crippen molar-refractivity contribution >= 4 is 22.9 Å². The van der Waals surface area contributed by atoms with Crippen LogP contribution in [-0.4, -0.2) is 57.0 Å². The van der Waals surface area contributed by atoms with Gasteiger partial charge in [-0.2, -0.15) is 0 Å². The van der Waals surface area contributed by atoms with Gasteiger partial charge < -0.3 is 18.9 Å². The lowest BCUT2D eigenvalue weighted by Gasteiger charge is -2.35. The highest BCUT2D eigenvalue weighted by molar-refractivity contribution is 7.80. The zero-order chi connectivity index (χ0) is 23.5. The highest BCUT2D eigenvalue weighted by atomic mass is 32.2. The Kier molecular flexibility index (Phi) is 7.31. The molecule has 0 radical (unpaired) electrons. The fourth-order valence-electron chi connectivity index (χ4n) is 3.24. The molecule has 1 aliphatic heterocycles. The summed E-state index contributed by atoms with van der Waals surface area (Å²) in [7, 11) is 0. The number of nitrogens with zero attached hydrogens (tertiary/aromatic N) is 2. The Hall–Kier alpha value is -2.77.